The summed E-state index contributed by atoms with van der Waals surface area (Å²) in [5.41, 5.74) is -1.14. The van der Waals surface area contributed by atoms with E-state index in [0.717, 1.165) is 23.3 Å². The third kappa shape index (κ3) is 3.62. The Morgan fingerprint density at radius 2 is 2.24 bits per heavy atom. The lowest BCUT2D eigenvalue weighted by molar-refractivity contribution is 0.0131. The largest absolute Gasteiger partial charge is 0.393 e. The van der Waals surface area contributed by atoms with Crippen LogP contribution < -0.4 is 5.32 Å². The van der Waals surface area contributed by atoms with Crippen LogP contribution in [0, 0.1) is 0 Å². The number of aliphatic hydroxyl groups is 2. The number of nitrogens with one attached hydrogen (secondary N) is 1. The van der Waals surface area contributed by atoms with Gasteiger partial charge in [-0.2, -0.15) is 0 Å². The predicted octanol–water partition coefficient (Wildman–Crippen LogP) is 1.27. The predicted molar refractivity (Wildman–Crippen MR) is 67.9 cm³/mol. The Labute approximate surface area is 108 Å². The second kappa shape index (κ2) is 4.88. The third-order valence-electron chi connectivity index (χ3n) is 2.65. The second-order valence-corrected chi connectivity index (χ2v) is 5.53. The van der Waals surface area contributed by atoms with Crippen molar-refractivity contribution in [3.8, 4) is 0 Å². The highest BCUT2D eigenvalue weighted by Gasteiger charge is 2.27. The highest BCUT2D eigenvalue weighted by atomic mass is 79.9. The summed E-state index contributed by atoms with van der Waals surface area (Å²) in [6.45, 7) is 1.52. The molecule has 0 aromatic carbocycles. The molecule has 0 amide bonds. The molecule has 1 saturated carbocycles. The minimum atomic E-state index is -1.14. The first-order valence-electron chi connectivity index (χ1n) is 5.62. The summed E-state index contributed by atoms with van der Waals surface area (Å²) in [4.78, 5) is 8.70. The zero-order valence-electron chi connectivity index (χ0n) is 9.65. The van der Waals surface area contributed by atoms with Crippen LogP contribution in [0.1, 0.15) is 31.5 Å². The Morgan fingerprint density at radius 1 is 1.53 bits per heavy atom. The van der Waals surface area contributed by atoms with E-state index in [-0.39, 0.29) is 13.2 Å². The summed E-state index contributed by atoms with van der Waals surface area (Å²) in [7, 11) is 0. The fourth-order valence-corrected chi connectivity index (χ4v) is 1.79. The molecular weight excluding hydrogens is 286 g/mol. The van der Waals surface area contributed by atoms with Gasteiger partial charge in [-0.15, -0.1) is 0 Å². The van der Waals surface area contributed by atoms with Gasteiger partial charge in [-0.1, -0.05) is 0 Å². The van der Waals surface area contributed by atoms with Crippen molar-refractivity contribution in [1.29, 1.82) is 0 Å². The highest BCUT2D eigenvalue weighted by molar-refractivity contribution is 9.10. The van der Waals surface area contributed by atoms with Crippen LogP contribution >= 0.6 is 15.9 Å². The van der Waals surface area contributed by atoms with Gasteiger partial charge in [0.15, 0.2) is 0 Å². The molecule has 1 fully saturated rings. The van der Waals surface area contributed by atoms with Crippen LogP contribution in [0.2, 0.25) is 0 Å². The Bertz CT molecular complexity index is 408. The first-order valence-corrected chi connectivity index (χ1v) is 6.41. The molecule has 0 aliphatic heterocycles. The fourth-order valence-electron chi connectivity index (χ4n) is 1.39. The third-order valence-corrected chi connectivity index (χ3v) is 3.05. The summed E-state index contributed by atoms with van der Waals surface area (Å²) >= 11 is 3.34. The maximum Gasteiger partial charge on any atom is 0.135 e. The molecule has 1 heterocycles. The van der Waals surface area contributed by atoms with Crippen molar-refractivity contribution in [2.24, 2.45) is 0 Å². The molecule has 5 nitrogen and oxygen atoms in total. The van der Waals surface area contributed by atoms with Gasteiger partial charge in [-0.25, -0.2) is 9.97 Å². The van der Waals surface area contributed by atoms with Crippen molar-refractivity contribution in [1.82, 2.24) is 9.97 Å². The number of nitrogens with zero attached hydrogens (tertiary/aromatic N) is 2. The van der Waals surface area contributed by atoms with Crippen LogP contribution in [0.15, 0.2) is 10.7 Å². The van der Waals surface area contributed by atoms with Crippen molar-refractivity contribution >= 4 is 21.7 Å². The second-order valence-electron chi connectivity index (χ2n) is 4.72. The van der Waals surface area contributed by atoms with Gasteiger partial charge < -0.3 is 15.5 Å². The lowest BCUT2D eigenvalue weighted by Crippen LogP contribution is -2.37. The van der Waals surface area contributed by atoms with Gasteiger partial charge in [0.1, 0.15) is 21.8 Å². The van der Waals surface area contributed by atoms with E-state index >= 15 is 0 Å². The van der Waals surface area contributed by atoms with Gasteiger partial charge in [-0.3, -0.25) is 0 Å². The molecule has 1 aliphatic rings. The number of anilines is 1. The standard InChI is InChI=1S/C11H16BrN3O2/c1-11(17,6-16)5-13-9-4-8(12)14-10(15-9)7-2-3-7/h4,7,16-17H,2-3,5-6H2,1H3,(H,13,14,15). The highest BCUT2D eigenvalue weighted by Crippen LogP contribution is 2.38. The van der Waals surface area contributed by atoms with E-state index in [9.17, 15) is 5.11 Å². The topological polar surface area (TPSA) is 78.3 Å². The number of aromatic nitrogens is 2. The molecule has 1 unspecified atom stereocenters. The number of aliphatic hydroxyl groups excluding tert-OH is 1. The smallest absolute Gasteiger partial charge is 0.135 e. The molecule has 2 rings (SSSR count). The molecule has 1 aromatic heterocycles. The van der Waals surface area contributed by atoms with Crippen LogP contribution in [0.5, 0.6) is 0 Å². The van der Waals surface area contributed by atoms with E-state index in [1.54, 1.807) is 13.0 Å². The first-order chi connectivity index (χ1) is 8.00. The van der Waals surface area contributed by atoms with E-state index in [0.29, 0.717) is 11.7 Å². The maximum absolute atomic E-state index is 9.68. The number of hydrogen-bond donors (Lipinski definition) is 3. The molecular formula is C11H16BrN3O2. The van der Waals surface area contributed by atoms with Crippen molar-refractivity contribution in [3.05, 3.63) is 16.5 Å². The average Bonchev–Trinajstić information content (AvgIpc) is 3.10. The first kappa shape index (κ1) is 12.7. The minimum Gasteiger partial charge on any atom is -0.393 e. The Morgan fingerprint density at radius 3 is 2.82 bits per heavy atom. The van der Waals surface area contributed by atoms with E-state index in [4.69, 9.17) is 5.11 Å². The van der Waals surface area contributed by atoms with E-state index in [2.05, 4.69) is 31.2 Å². The van der Waals surface area contributed by atoms with Crippen LogP contribution in [0.3, 0.4) is 0 Å². The number of rotatable bonds is 5. The molecule has 17 heavy (non-hydrogen) atoms. The van der Waals surface area contributed by atoms with Crippen molar-refractivity contribution in [2.45, 2.75) is 31.3 Å². The summed E-state index contributed by atoms with van der Waals surface area (Å²) in [6.07, 6.45) is 2.29. The van der Waals surface area contributed by atoms with Gasteiger partial charge in [0.25, 0.3) is 0 Å². The summed E-state index contributed by atoms with van der Waals surface area (Å²) in [6, 6.07) is 1.76. The zero-order valence-corrected chi connectivity index (χ0v) is 11.2. The van der Waals surface area contributed by atoms with Gasteiger partial charge in [0.2, 0.25) is 0 Å². The lowest BCUT2D eigenvalue weighted by atomic mass is 10.1. The molecule has 0 bridgehead atoms. The maximum atomic E-state index is 9.68. The van der Waals surface area contributed by atoms with Crippen molar-refractivity contribution in [2.75, 3.05) is 18.5 Å². The molecule has 94 valence electrons. The minimum absolute atomic E-state index is 0.247. The lowest BCUT2D eigenvalue weighted by Gasteiger charge is -2.21. The molecule has 3 N–H and O–H groups in total. The molecule has 1 aromatic rings. The molecule has 1 aliphatic carbocycles. The van der Waals surface area contributed by atoms with Gasteiger partial charge in [0.05, 0.1) is 6.61 Å². The van der Waals surface area contributed by atoms with Crippen LogP contribution in [-0.2, 0) is 0 Å². The SMILES string of the molecule is CC(O)(CO)CNc1cc(Br)nc(C2CC2)n1. The quantitative estimate of drug-likeness (QED) is 0.714. The molecule has 0 spiro atoms. The summed E-state index contributed by atoms with van der Waals surface area (Å²) in [5, 5.41) is 21.6. The van der Waals surface area contributed by atoms with E-state index in [1.165, 1.54) is 0 Å². The Balaban J connectivity index is 2.05. The van der Waals surface area contributed by atoms with E-state index < -0.39 is 5.60 Å². The molecule has 1 atom stereocenters. The molecule has 0 saturated heterocycles. The molecule has 6 heteroatoms. The zero-order chi connectivity index (χ0) is 12.5. The molecule has 0 radical (unpaired) electrons. The van der Waals surface area contributed by atoms with Crippen molar-refractivity contribution < 1.29 is 10.2 Å². The van der Waals surface area contributed by atoms with Crippen LogP contribution in [-0.4, -0.2) is 38.9 Å². The van der Waals surface area contributed by atoms with Crippen LogP contribution in [0.25, 0.3) is 0 Å². The number of halogens is 1. The summed E-state index contributed by atoms with van der Waals surface area (Å²) < 4.78 is 0.737. The Hall–Kier alpha value is -0.720. The van der Waals surface area contributed by atoms with Crippen molar-refractivity contribution in [3.63, 3.8) is 0 Å². The fraction of sp³-hybridized carbons (Fsp3) is 0.636. The normalized spacial score (nSPS) is 18.8. The number of hydrogen-bond acceptors (Lipinski definition) is 5. The van der Waals surface area contributed by atoms with Gasteiger partial charge >= 0.3 is 0 Å². The van der Waals surface area contributed by atoms with Crippen LogP contribution in [0.4, 0.5) is 5.82 Å². The Kier molecular flexibility index (Phi) is 3.65. The summed E-state index contributed by atoms with van der Waals surface area (Å²) in [5.74, 6) is 1.99. The monoisotopic (exact) mass is 301 g/mol. The van der Waals surface area contributed by atoms with Gasteiger partial charge in [0, 0.05) is 18.5 Å². The van der Waals surface area contributed by atoms with E-state index in [1.807, 2.05) is 0 Å². The average molecular weight is 302 g/mol. The van der Waals surface area contributed by atoms with Gasteiger partial charge in [-0.05, 0) is 35.7 Å².